The van der Waals surface area contributed by atoms with E-state index in [9.17, 15) is 14.3 Å². The maximum atomic E-state index is 13.4. The van der Waals surface area contributed by atoms with Crippen molar-refractivity contribution in [3.05, 3.63) is 94.7 Å². The van der Waals surface area contributed by atoms with Crippen LogP contribution in [0.25, 0.3) is 11.2 Å². The van der Waals surface area contributed by atoms with Crippen LogP contribution in [0.15, 0.2) is 66.9 Å². The van der Waals surface area contributed by atoms with E-state index in [-0.39, 0.29) is 17.8 Å². The molecule has 8 heteroatoms. The zero-order chi connectivity index (χ0) is 23.7. The van der Waals surface area contributed by atoms with Crippen LogP contribution in [0.5, 0.6) is 0 Å². The van der Waals surface area contributed by atoms with Crippen molar-refractivity contribution in [2.45, 2.75) is 31.4 Å². The number of benzene rings is 2. The average molecular weight is 479 g/mol. The molecule has 0 bridgehead atoms. The summed E-state index contributed by atoms with van der Waals surface area (Å²) in [6.45, 7) is 1.01. The van der Waals surface area contributed by atoms with Gasteiger partial charge in [0.25, 0.3) is 5.91 Å². The van der Waals surface area contributed by atoms with Crippen LogP contribution in [0.1, 0.15) is 41.9 Å². The summed E-state index contributed by atoms with van der Waals surface area (Å²) in [5.74, 6) is 0.253. The molecule has 1 unspecified atom stereocenters. The summed E-state index contributed by atoms with van der Waals surface area (Å²) in [5, 5.41) is 11.0. The number of nitrogens with zero attached hydrogens (tertiary/aromatic N) is 4. The molecule has 0 spiro atoms. The third kappa shape index (κ3) is 4.41. The number of carbonyl (C=O) groups excluding carboxylic acids is 1. The number of amides is 1. The number of aliphatic hydroxyl groups is 1. The largest absolute Gasteiger partial charge is 0.378 e. The van der Waals surface area contributed by atoms with Crippen molar-refractivity contribution in [2.75, 3.05) is 13.1 Å². The number of hydrogen-bond donors (Lipinski definition) is 1. The van der Waals surface area contributed by atoms with E-state index in [1.165, 1.54) is 12.1 Å². The molecule has 1 amide bonds. The molecule has 2 aromatic heterocycles. The Morgan fingerprint density at radius 3 is 2.56 bits per heavy atom. The van der Waals surface area contributed by atoms with Crippen molar-refractivity contribution in [1.82, 2.24) is 19.4 Å². The first-order chi connectivity index (χ1) is 16.5. The second-order valence-electron chi connectivity index (χ2n) is 8.53. The first kappa shape index (κ1) is 22.5. The molecule has 1 aliphatic rings. The maximum Gasteiger partial charge on any atom is 0.256 e. The molecule has 1 atom stereocenters. The minimum atomic E-state index is -1.28. The van der Waals surface area contributed by atoms with E-state index in [1.54, 1.807) is 47.5 Å². The summed E-state index contributed by atoms with van der Waals surface area (Å²) >= 11 is 6.17. The first-order valence-electron chi connectivity index (χ1n) is 11.3. The predicted molar refractivity (Wildman–Crippen MR) is 128 cm³/mol. The van der Waals surface area contributed by atoms with Gasteiger partial charge in [-0.15, -0.1) is 0 Å². The zero-order valence-electron chi connectivity index (χ0n) is 18.4. The molecule has 0 radical (unpaired) electrons. The second kappa shape index (κ2) is 9.52. The zero-order valence-corrected chi connectivity index (χ0v) is 19.2. The van der Waals surface area contributed by atoms with Gasteiger partial charge < -0.3 is 14.6 Å². The number of carbonyl (C=O) groups is 1. The number of fused-ring (bicyclic) bond motifs is 1. The number of halogens is 2. The lowest BCUT2D eigenvalue weighted by Gasteiger charge is -2.34. The van der Waals surface area contributed by atoms with Crippen molar-refractivity contribution in [3.8, 4) is 0 Å². The van der Waals surface area contributed by atoms with Crippen LogP contribution >= 0.6 is 11.6 Å². The van der Waals surface area contributed by atoms with E-state index in [2.05, 4.69) is 9.55 Å². The lowest BCUT2D eigenvalue weighted by atomic mass is 10.0. The van der Waals surface area contributed by atoms with Gasteiger partial charge in [0.15, 0.2) is 11.8 Å². The quantitative estimate of drug-likeness (QED) is 0.451. The van der Waals surface area contributed by atoms with Gasteiger partial charge in [0.2, 0.25) is 0 Å². The number of aliphatic hydroxyl groups excluding tert-OH is 1. The molecule has 0 saturated carbocycles. The van der Waals surface area contributed by atoms with E-state index in [0.717, 1.165) is 22.6 Å². The van der Waals surface area contributed by atoms with Gasteiger partial charge in [-0.2, -0.15) is 0 Å². The average Bonchev–Trinajstić information content (AvgIpc) is 3.23. The van der Waals surface area contributed by atoms with E-state index in [0.29, 0.717) is 42.9 Å². The number of aromatic nitrogens is 3. The summed E-state index contributed by atoms with van der Waals surface area (Å²) in [6.07, 6.45) is 2.44. The van der Waals surface area contributed by atoms with Crippen LogP contribution < -0.4 is 0 Å². The highest BCUT2D eigenvalue weighted by molar-refractivity contribution is 6.31. The number of imidazole rings is 1. The number of rotatable bonds is 5. The second-order valence-corrected chi connectivity index (χ2v) is 8.94. The Balaban J connectivity index is 1.36. The molecule has 2 aromatic carbocycles. The molecule has 1 N–H and O–H groups in total. The maximum absolute atomic E-state index is 13.4. The SMILES string of the molecule is O=C(C(O)c1ccccc1Cl)N1CCC(n2c(Cc3ccc(F)cc3)nc3cccnc32)CC1. The third-order valence-electron chi connectivity index (χ3n) is 6.37. The summed E-state index contributed by atoms with van der Waals surface area (Å²) in [5.41, 5.74) is 3.00. The van der Waals surface area contributed by atoms with Crippen molar-refractivity contribution >= 4 is 28.7 Å². The van der Waals surface area contributed by atoms with E-state index in [4.69, 9.17) is 16.6 Å². The molecule has 0 aliphatic carbocycles. The standard InChI is InChI=1S/C26H24ClFN4O2/c27-21-5-2-1-4-20(21)24(33)26(34)31-14-11-19(12-15-31)32-23(16-17-7-9-18(28)10-8-17)30-22-6-3-13-29-25(22)32/h1-10,13,19,24,33H,11-12,14-16H2. The molecule has 34 heavy (non-hydrogen) atoms. The number of likely N-dealkylation sites (tertiary alicyclic amines) is 1. The van der Waals surface area contributed by atoms with Gasteiger partial charge >= 0.3 is 0 Å². The minimum Gasteiger partial charge on any atom is -0.378 e. The fourth-order valence-electron chi connectivity index (χ4n) is 4.62. The van der Waals surface area contributed by atoms with Crippen molar-refractivity contribution in [3.63, 3.8) is 0 Å². The number of piperidine rings is 1. The van der Waals surface area contributed by atoms with Crippen molar-refractivity contribution in [2.24, 2.45) is 0 Å². The molecule has 5 rings (SSSR count). The molecule has 174 valence electrons. The molecular weight excluding hydrogens is 455 g/mol. The summed E-state index contributed by atoms with van der Waals surface area (Å²) in [4.78, 5) is 24.0. The highest BCUT2D eigenvalue weighted by Crippen LogP contribution is 2.31. The van der Waals surface area contributed by atoms with Crippen molar-refractivity contribution in [1.29, 1.82) is 0 Å². The van der Waals surface area contributed by atoms with E-state index < -0.39 is 6.10 Å². The topological polar surface area (TPSA) is 71.2 Å². The summed E-state index contributed by atoms with van der Waals surface area (Å²) in [7, 11) is 0. The Bertz CT molecular complexity index is 1320. The monoisotopic (exact) mass is 478 g/mol. The van der Waals surface area contributed by atoms with Gasteiger partial charge in [0, 0.05) is 42.3 Å². The Morgan fingerprint density at radius 2 is 1.82 bits per heavy atom. The normalized spacial score (nSPS) is 15.6. The van der Waals surface area contributed by atoms with Crippen LogP contribution in [0.3, 0.4) is 0 Å². The highest BCUT2D eigenvalue weighted by Gasteiger charge is 2.31. The Kier molecular flexibility index (Phi) is 6.30. The van der Waals surface area contributed by atoms with Crippen LogP contribution in [-0.2, 0) is 11.2 Å². The predicted octanol–water partition coefficient (Wildman–Crippen LogP) is 4.71. The first-order valence-corrected chi connectivity index (χ1v) is 11.7. The molecule has 4 aromatic rings. The van der Waals surface area contributed by atoms with Crippen LogP contribution in [0.4, 0.5) is 4.39 Å². The highest BCUT2D eigenvalue weighted by atomic mass is 35.5. The van der Waals surface area contributed by atoms with Crippen molar-refractivity contribution < 1.29 is 14.3 Å². The number of hydrogen-bond acceptors (Lipinski definition) is 4. The molecule has 1 fully saturated rings. The molecule has 1 saturated heterocycles. The molecule has 3 heterocycles. The molecule has 6 nitrogen and oxygen atoms in total. The van der Waals surface area contributed by atoms with Crippen LogP contribution in [0, 0.1) is 5.82 Å². The van der Waals surface area contributed by atoms with Gasteiger partial charge in [-0.1, -0.05) is 41.9 Å². The number of pyridine rings is 1. The lowest BCUT2D eigenvalue weighted by molar-refractivity contribution is -0.141. The van der Waals surface area contributed by atoms with Gasteiger partial charge in [0.05, 0.1) is 0 Å². The lowest BCUT2D eigenvalue weighted by Crippen LogP contribution is -2.41. The minimum absolute atomic E-state index is 0.108. The Morgan fingerprint density at radius 1 is 1.09 bits per heavy atom. The Hall–Kier alpha value is -3.29. The van der Waals surface area contributed by atoms with Gasteiger partial charge in [-0.05, 0) is 48.7 Å². The van der Waals surface area contributed by atoms with E-state index >= 15 is 0 Å². The van der Waals surface area contributed by atoms with Gasteiger partial charge in [0.1, 0.15) is 17.2 Å². The van der Waals surface area contributed by atoms with Crippen LogP contribution in [-0.4, -0.2) is 43.5 Å². The summed E-state index contributed by atoms with van der Waals surface area (Å²) in [6, 6.07) is 17.2. The Labute approximate surface area is 201 Å². The molecular formula is C26H24ClFN4O2. The fraction of sp³-hybridized carbons (Fsp3) is 0.269. The fourth-order valence-corrected chi connectivity index (χ4v) is 4.86. The molecule has 1 aliphatic heterocycles. The smallest absolute Gasteiger partial charge is 0.256 e. The van der Waals surface area contributed by atoms with Gasteiger partial charge in [-0.3, -0.25) is 4.79 Å². The summed E-state index contributed by atoms with van der Waals surface area (Å²) < 4.78 is 15.5. The van der Waals surface area contributed by atoms with E-state index in [1.807, 2.05) is 12.1 Å². The third-order valence-corrected chi connectivity index (χ3v) is 6.72. The van der Waals surface area contributed by atoms with Gasteiger partial charge in [-0.25, -0.2) is 14.4 Å². The van der Waals surface area contributed by atoms with Crippen LogP contribution in [0.2, 0.25) is 5.02 Å².